The van der Waals surface area contributed by atoms with E-state index in [0.717, 1.165) is 30.1 Å². The first-order valence-electron chi connectivity index (χ1n) is 5.93. The van der Waals surface area contributed by atoms with E-state index in [4.69, 9.17) is 0 Å². The van der Waals surface area contributed by atoms with Crippen molar-refractivity contribution in [1.29, 1.82) is 0 Å². The van der Waals surface area contributed by atoms with Gasteiger partial charge in [0.05, 0.1) is 10.9 Å². The molecule has 1 fully saturated rings. The van der Waals surface area contributed by atoms with Gasteiger partial charge in [-0.05, 0) is 23.8 Å². The second-order valence-corrected chi connectivity index (χ2v) is 6.83. The number of rotatable bonds is 2. The maximum absolute atomic E-state index is 12.3. The molecule has 92 valence electrons. The number of thioether (sulfide) groups is 1. The van der Waals surface area contributed by atoms with Gasteiger partial charge in [0.25, 0.3) is 5.91 Å². The lowest BCUT2D eigenvalue weighted by atomic mass is 10.1. The number of carbonyl (C=O) groups is 1. The molecule has 2 aliphatic heterocycles. The van der Waals surface area contributed by atoms with Crippen LogP contribution in [0, 0.1) is 0 Å². The summed E-state index contributed by atoms with van der Waals surface area (Å²) in [7, 11) is 1.92. The number of nitrogens with zero attached hydrogens (tertiary/aromatic N) is 1. The van der Waals surface area contributed by atoms with E-state index in [1.54, 1.807) is 11.3 Å². The third-order valence-electron chi connectivity index (χ3n) is 3.47. The molecule has 5 heteroatoms. The lowest BCUT2D eigenvalue weighted by molar-refractivity contribution is 0.0686. The summed E-state index contributed by atoms with van der Waals surface area (Å²) in [5.74, 6) is 2.47. The van der Waals surface area contributed by atoms with E-state index in [9.17, 15) is 4.79 Å². The zero-order valence-electron chi connectivity index (χ0n) is 9.86. The molecule has 17 heavy (non-hydrogen) atoms. The number of hydrogen-bond acceptors (Lipinski definition) is 4. The molecular formula is C12H16N2OS2. The topological polar surface area (TPSA) is 32.3 Å². The van der Waals surface area contributed by atoms with E-state index in [2.05, 4.69) is 11.4 Å². The van der Waals surface area contributed by atoms with Gasteiger partial charge in [-0.2, -0.15) is 11.8 Å². The van der Waals surface area contributed by atoms with Crippen LogP contribution in [-0.4, -0.2) is 42.7 Å². The Bertz CT molecular complexity index is 416. The highest BCUT2D eigenvalue weighted by atomic mass is 32.2. The molecule has 0 bridgehead atoms. The van der Waals surface area contributed by atoms with Gasteiger partial charge in [0.1, 0.15) is 0 Å². The predicted molar refractivity (Wildman–Crippen MR) is 72.9 cm³/mol. The van der Waals surface area contributed by atoms with Crippen LogP contribution in [0.2, 0.25) is 0 Å². The number of hydrogen-bond donors (Lipinski definition) is 1. The molecule has 3 nitrogen and oxygen atoms in total. The SMILES string of the molecule is CN(C(=O)c1cc2c(s1)CCSC2)C1CNC1. The van der Waals surface area contributed by atoms with Gasteiger partial charge in [-0.3, -0.25) is 4.79 Å². The second-order valence-electron chi connectivity index (χ2n) is 4.59. The van der Waals surface area contributed by atoms with Crippen molar-refractivity contribution in [2.75, 3.05) is 25.9 Å². The van der Waals surface area contributed by atoms with Gasteiger partial charge in [0, 0.05) is 30.8 Å². The van der Waals surface area contributed by atoms with Crippen LogP contribution in [0.1, 0.15) is 20.1 Å². The molecule has 1 amide bonds. The fourth-order valence-electron chi connectivity index (χ4n) is 2.14. The first kappa shape index (κ1) is 11.6. The Balaban J connectivity index is 1.78. The summed E-state index contributed by atoms with van der Waals surface area (Å²) in [5, 5.41) is 3.20. The van der Waals surface area contributed by atoms with Gasteiger partial charge in [-0.15, -0.1) is 11.3 Å². The highest BCUT2D eigenvalue weighted by Gasteiger charge is 2.27. The first-order valence-corrected chi connectivity index (χ1v) is 7.90. The summed E-state index contributed by atoms with van der Waals surface area (Å²) in [6, 6.07) is 2.49. The van der Waals surface area contributed by atoms with E-state index in [-0.39, 0.29) is 5.91 Å². The minimum atomic E-state index is 0.195. The van der Waals surface area contributed by atoms with E-state index in [1.165, 1.54) is 16.2 Å². The molecule has 1 N–H and O–H groups in total. The van der Waals surface area contributed by atoms with E-state index in [0.29, 0.717) is 6.04 Å². The fourth-order valence-corrected chi connectivity index (χ4v) is 4.49. The Morgan fingerprint density at radius 1 is 1.53 bits per heavy atom. The molecule has 3 rings (SSSR count). The summed E-state index contributed by atoms with van der Waals surface area (Å²) in [4.78, 5) is 16.5. The molecule has 1 aromatic rings. The zero-order valence-corrected chi connectivity index (χ0v) is 11.5. The Morgan fingerprint density at radius 3 is 3.00 bits per heavy atom. The molecule has 0 aromatic carbocycles. The first-order chi connectivity index (χ1) is 8.25. The lowest BCUT2D eigenvalue weighted by Crippen LogP contribution is -2.57. The number of amides is 1. The van der Waals surface area contributed by atoms with E-state index >= 15 is 0 Å². The average Bonchev–Trinajstić information content (AvgIpc) is 2.68. The normalized spacial score (nSPS) is 19.6. The van der Waals surface area contributed by atoms with Crippen LogP contribution in [0.3, 0.4) is 0 Å². The summed E-state index contributed by atoms with van der Waals surface area (Å²) in [5.41, 5.74) is 1.38. The van der Waals surface area contributed by atoms with Crippen molar-refractivity contribution < 1.29 is 4.79 Å². The Hall–Kier alpha value is -0.520. The van der Waals surface area contributed by atoms with Crippen LogP contribution < -0.4 is 5.32 Å². The average molecular weight is 268 g/mol. The minimum Gasteiger partial charge on any atom is -0.335 e. The second kappa shape index (κ2) is 4.63. The number of aryl methyl sites for hydroxylation is 1. The highest BCUT2D eigenvalue weighted by Crippen LogP contribution is 2.32. The van der Waals surface area contributed by atoms with E-state index < -0.39 is 0 Å². The molecule has 0 spiro atoms. The number of thiophene rings is 1. The van der Waals surface area contributed by atoms with Crippen molar-refractivity contribution in [3.8, 4) is 0 Å². The van der Waals surface area contributed by atoms with E-state index in [1.807, 2.05) is 23.7 Å². The maximum Gasteiger partial charge on any atom is 0.264 e. The standard InChI is InChI=1S/C12H16N2OS2/c1-14(9-5-13-6-9)12(15)11-4-8-7-16-3-2-10(8)17-11/h4,9,13H,2-3,5-7H2,1H3. The van der Waals surface area contributed by atoms with Gasteiger partial charge in [0.2, 0.25) is 0 Å². The van der Waals surface area contributed by atoms with Crippen LogP contribution >= 0.6 is 23.1 Å². The Morgan fingerprint density at radius 2 is 2.35 bits per heavy atom. The van der Waals surface area contributed by atoms with Crippen LogP contribution in [0.25, 0.3) is 0 Å². The summed E-state index contributed by atoms with van der Waals surface area (Å²) in [6.07, 6.45) is 1.13. The largest absolute Gasteiger partial charge is 0.335 e. The lowest BCUT2D eigenvalue weighted by Gasteiger charge is -2.35. The van der Waals surface area contributed by atoms with Crippen LogP contribution in [0.15, 0.2) is 6.07 Å². The molecule has 0 unspecified atom stereocenters. The molecular weight excluding hydrogens is 252 g/mol. The fraction of sp³-hybridized carbons (Fsp3) is 0.583. The molecule has 3 heterocycles. The maximum atomic E-state index is 12.3. The smallest absolute Gasteiger partial charge is 0.264 e. The van der Waals surface area contributed by atoms with Crippen molar-refractivity contribution in [2.45, 2.75) is 18.2 Å². The van der Waals surface area contributed by atoms with Crippen molar-refractivity contribution >= 4 is 29.0 Å². The molecule has 0 radical (unpaired) electrons. The monoisotopic (exact) mass is 268 g/mol. The number of nitrogens with one attached hydrogen (secondary N) is 1. The molecule has 2 aliphatic rings. The molecule has 1 saturated heterocycles. The highest BCUT2D eigenvalue weighted by molar-refractivity contribution is 7.98. The Kier molecular flexibility index (Phi) is 3.15. The van der Waals surface area contributed by atoms with Gasteiger partial charge in [-0.25, -0.2) is 0 Å². The number of likely N-dealkylation sites (N-methyl/N-ethyl adjacent to an activating group) is 1. The van der Waals surface area contributed by atoms with Gasteiger partial charge < -0.3 is 10.2 Å². The number of fused-ring (bicyclic) bond motifs is 1. The van der Waals surface area contributed by atoms with Crippen LogP contribution in [0.4, 0.5) is 0 Å². The van der Waals surface area contributed by atoms with Crippen LogP contribution in [0.5, 0.6) is 0 Å². The Labute approximate surface area is 110 Å². The summed E-state index contributed by atoms with van der Waals surface area (Å²) < 4.78 is 0. The van der Waals surface area contributed by atoms with Crippen molar-refractivity contribution in [3.63, 3.8) is 0 Å². The van der Waals surface area contributed by atoms with Gasteiger partial charge >= 0.3 is 0 Å². The summed E-state index contributed by atoms with van der Waals surface area (Å²) in [6.45, 7) is 1.87. The van der Waals surface area contributed by atoms with Crippen LogP contribution in [-0.2, 0) is 12.2 Å². The summed E-state index contributed by atoms with van der Waals surface area (Å²) >= 11 is 3.66. The minimum absolute atomic E-state index is 0.195. The van der Waals surface area contributed by atoms with Crippen molar-refractivity contribution in [3.05, 3.63) is 21.4 Å². The molecule has 0 saturated carbocycles. The third kappa shape index (κ3) is 2.11. The molecule has 0 atom stereocenters. The van der Waals surface area contributed by atoms with Crippen molar-refractivity contribution in [1.82, 2.24) is 10.2 Å². The quantitative estimate of drug-likeness (QED) is 0.884. The predicted octanol–water partition coefficient (Wildman–Crippen LogP) is 1.58. The van der Waals surface area contributed by atoms with Crippen molar-refractivity contribution in [2.24, 2.45) is 0 Å². The van der Waals surface area contributed by atoms with Gasteiger partial charge in [-0.1, -0.05) is 0 Å². The molecule has 1 aromatic heterocycles. The van der Waals surface area contributed by atoms with Gasteiger partial charge in [0.15, 0.2) is 0 Å². The number of carbonyl (C=O) groups excluding carboxylic acids is 1. The molecule has 0 aliphatic carbocycles. The zero-order chi connectivity index (χ0) is 11.8. The third-order valence-corrected chi connectivity index (χ3v) is 5.70.